The van der Waals surface area contributed by atoms with Crippen molar-refractivity contribution in [3.63, 3.8) is 0 Å². The van der Waals surface area contributed by atoms with Crippen LogP contribution in [0.25, 0.3) is 0 Å². The van der Waals surface area contributed by atoms with Gasteiger partial charge in [0.2, 0.25) is 0 Å². The molecule has 158 valence electrons. The zero-order valence-corrected chi connectivity index (χ0v) is 17.8. The molecular formula is C24H20ClFN2O3. The second kappa shape index (κ2) is 8.78. The lowest BCUT2D eigenvalue weighted by Gasteiger charge is -2.22. The van der Waals surface area contributed by atoms with E-state index >= 15 is 0 Å². The minimum Gasteiger partial charge on any atom is -0.493 e. The number of carbonyl (C=O) groups excluding carboxylic acids is 1. The van der Waals surface area contributed by atoms with Crippen molar-refractivity contribution in [2.75, 3.05) is 14.2 Å². The Morgan fingerprint density at radius 1 is 1.03 bits per heavy atom. The van der Waals surface area contributed by atoms with Gasteiger partial charge in [-0.1, -0.05) is 35.9 Å². The zero-order valence-electron chi connectivity index (χ0n) is 17.0. The Morgan fingerprint density at radius 2 is 1.74 bits per heavy atom. The number of methoxy groups -OCH3 is 2. The van der Waals surface area contributed by atoms with E-state index in [-0.39, 0.29) is 11.7 Å². The number of carbonyl (C=O) groups is 1. The summed E-state index contributed by atoms with van der Waals surface area (Å²) >= 11 is 6.26. The molecule has 0 aliphatic carbocycles. The minimum absolute atomic E-state index is 0.324. The first-order valence-corrected chi connectivity index (χ1v) is 10.0. The second-order valence-electron chi connectivity index (χ2n) is 7.02. The highest BCUT2D eigenvalue weighted by molar-refractivity contribution is 6.33. The first-order chi connectivity index (χ1) is 15.0. The van der Waals surface area contributed by atoms with Gasteiger partial charge < -0.3 is 9.47 Å². The van der Waals surface area contributed by atoms with Crippen LogP contribution in [0.2, 0.25) is 5.02 Å². The van der Waals surface area contributed by atoms with Gasteiger partial charge in [0.15, 0.2) is 11.5 Å². The van der Waals surface area contributed by atoms with Gasteiger partial charge in [-0.15, -0.1) is 0 Å². The summed E-state index contributed by atoms with van der Waals surface area (Å²) in [4.78, 5) is 13.3. The third-order valence-corrected chi connectivity index (χ3v) is 5.52. The van der Waals surface area contributed by atoms with Gasteiger partial charge in [-0.3, -0.25) is 4.79 Å². The lowest BCUT2D eigenvalue weighted by molar-refractivity contribution is 0.0711. The fourth-order valence-corrected chi connectivity index (χ4v) is 3.81. The number of hydrogen-bond donors (Lipinski definition) is 0. The summed E-state index contributed by atoms with van der Waals surface area (Å²) in [6.07, 6.45) is 0.456. The lowest BCUT2D eigenvalue weighted by atomic mass is 9.98. The van der Waals surface area contributed by atoms with E-state index in [2.05, 4.69) is 5.10 Å². The van der Waals surface area contributed by atoms with Crippen LogP contribution in [0.15, 0.2) is 71.8 Å². The summed E-state index contributed by atoms with van der Waals surface area (Å²) in [7, 11) is 3.13. The molecule has 0 saturated heterocycles. The molecule has 1 atom stereocenters. The van der Waals surface area contributed by atoms with E-state index < -0.39 is 6.04 Å². The van der Waals surface area contributed by atoms with Crippen molar-refractivity contribution < 1.29 is 18.7 Å². The average Bonchev–Trinajstić information content (AvgIpc) is 3.24. The molecule has 0 fully saturated rings. The zero-order chi connectivity index (χ0) is 22.0. The number of ether oxygens (including phenoxy) is 2. The van der Waals surface area contributed by atoms with Crippen LogP contribution in [0.1, 0.15) is 33.9 Å². The molecule has 31 heavy (non-hydrogen) atoms. The largest absolute Gasteiger partial charge is 0.493 e. The predicted molar refractivity (Wildman–Crippen MR) is 117 cm³/mol. The fourth-order valence-electron chi connectivity index (χ4n) is 3.59. The van der Waals surface area contributed by atoms with Gasteiger partial charge >= 0.3 is 0 Å². The van der Waals surface area contributed by atoms with Gasteiger partial charge in [-0.2, -0.15) is 5.10 Å². The SMILES string of the molecule is COc1ccc(C2=NN(C(=O)c3ccccc3Cl)C(c3ccc(F)cc3)C2)cc1OC. The molecule has 1 unspecified atom stereocenters. The molecule has 0 bridgehead atoms. The quantitative estimate of drug-likeness (QED) is 0.529. The first-order valence-electron chi connectivity index (χ1n) is 9.65. The van der Waals surface area contributed by atoms with E-state index in [0.29, 0.717) is 34.2 Å². The average molecular weight is 439 g/mol. The summed E-state index contributed by atoms with van der Waals surface area (Å²) in [5.41, 5.74) is 2.64. The van der Waals surface area contributed by atoms with Crippen molar-refractivity contribution in [3.05, 3.63) is 94.3 Å². The van der Waals surface area contributed by atoms with Crippen LogP contribution in [0.5, 0.6) is 11.5 Å². The summed E-state index contributed by atoms with van der Waals surface area (Å²) in [6.45, 7) is 0. The van der Waals surface area contributed by atoms with Gasteiger partial charge in [0.1, 0.15) is 5.82 Å². The normalized spacial score (nSPS) is 15.5. The van der Waals surface area contributed by atoms with E-state index in [0.717, 1.165) is 11.1 Å². The smallest absolute Gasteiger partial charge is 0.276 e. The van der Waals surface area contributed by atoms with Gasteiger partial charge in [0, 0.05) is 12.0 Å². The van der Waals surface area contributed by atoms with Crippen molar-refractivity contribution in [3.8, 4) is 11.5 Å². The minimum atomic E-state index is -0.396. The maximum absolute atomic E-state index is 13.5. The molecule has 1 aliphatic rings. The van der Waals surface area contributed by atoms with E-state index in [4.69, 9.17) is 21.1 Å². The van der Waals surface area contributed by atoms with E-state index in [1.807, 2.05) is 12.1 Å². The molecule has 1 aliphatic heterocycles. The summed E-state index contributed by atoms with van der Waals surface area (Å²) < 4.78 is 24.2. The Hall–Kier alpha value is -3.38. The van der Waals surface area contributed by atoms with Crippen LogP contribution >= 0.6 is 11.6 Å². The van der Waals surface area contributed by atoms with Crippen molar-refractivity contribution in [2.24, 2.45) is 5.10 Å². The van der Waals surface area contributed by atoms with Gasteiger partial charge in [-0.05, 0) is 48.0 Å². The van der Waals surface area contributed by atoms with Gasteiger partial charge in [0.05, 0.1) is 36.6 Å². The van der Waals surface area contributed by atoms with Gasteiger partial charge in [0.25, 0.3) is 5.91 Å². The van der Waals surface area contributed by atoms with Crippen molar-refractivity contribution >= 4 is 23.2 Å². The lowest BCUT2D eigenvalue weighted by Crippen LogP contribution is -2.27. The third kappa shape index (κ3) is 4.11. The Kier molecular flexibility index (Phi) is 5.91. The highest BCUT2D eigenvalue weighted by atomic mass is 35.5. The number of amides is 1. The summed E-state index contributed by atoms with van der Waals surface area (Å²) in [5.74, 6) is 0.503. The first kappa shape index (κ1) is 20.9. The number of halogens is 2. The molecule has 4 rings (SSSR count). The maximum Gasteiger partial charge on any atom is 0.276 e. The van der Waals surface area contributed by atoms with E-state index in [1.165, 1.54) is 17.1 Å². The monoisotopic (exact) mass is 438 g/mol. The Labute approximate surface area is 184 Å². The molecular weight excluding hydrogens is 419 g/mol. The number of hydrogen-bond acceptors (Lipinski definition) is 4. The van der Waals surface area contributed by atoms with Crippen LogP contribution in [-0.2, 0) is 0 Å². The predicted octanol–water partition coefficient (Wildman–Crippen LogP) is 5.49. The van der Waals surface area contributed by atoms with Crippen LogP contribution in [0, 0.1) is 5.82 Å². The van der Waals surface area contributed by atoms with Crippen LogP contribution in [0.4, 0.5) is 4.39 Å². The van der Waals surface area contributed by atoms with E-state index in [1.54, 1.807) is 56.7 Å². The van der Waals surface area contributed by atoms with Crippen LogP contribution in [0.3, 0.4) is 0 Å². The molecule has 1 amide bonds. The Morgan fingerprint density at radius 3 is 2.42 bits per heavy atom. The molecule has 0 N–H and O–H groups in total. The topological polar surface area (TPSA) is 51.1 Å². The number of hydrazone groups is 1. The molecule has 3 aromatic carbocycles. The molecule has 3 aromatic rings. The van der Waals surface area contributed by atoms with Crippen LogP contribution in [-0.4, -0.2) is 30.8 Å². The Bertz CT molecular complexity index is 1150. The molecule has 5 nitrogen and oxygen atoms in total. The van der Waals surface area contributed by atoms with Gasteiger partial charge in [-0.25, -0.2) is 9.40 Å². The second-order valence-corrected chi connectivity index (χ2v) is 7.42. The Balaban J connectivity index is 1.76. The highest BCUT2D eigenvalue weighted by Gasteiger charge is 2.34. The molecule has 0 saturated carbocycles. The fraction of sp³-hybridized carbons (Fsp3) is 0.167. The molecule has 7 heteroatoms. The molecule has 0 aromatic heterocycles. The summed E-state index contributed by atoms with van der Waals surface area (Å²) in [5, 5.41) is 6.40. The molecule has 0 radical (unpaired) electrons. The number of benzene rings is 3. The highest BCUT2D eigenvalue weighted by Crippen LogP contribution is 2.36. The van der Waals surface area contributed by atoms with E-state index in [9.17, 15) is 9.18 Å². The third-order valence-electron chi connectivity index (χ3n) is 5.19. The van der Waals surface area contributed by atoms with Crippen LogP contribution < -0.4 is 9.47 Å². The molecule has 1 heterocycles. The summed E-state index contributed by atoms with van der Waals surface area (Å²) in [6, 6.07) is 18.0. The van der Waals surface area contributed by atoms with Crippen molar-refractivity contribution in [2.45, 2.75) is 12.5 Å². The van der Waals surface area contributed by atoms with Crippen molar-refractivity contribution in [1.82, 2.24) is 5.01 Å². The number of nitrogens with zero attached hydrogens (tertiary/aromatic N) is 2. The number of rotatable bonds is 5. The van der Waals surface area contributed by atoms with Crippen molar-refractivity contribution in [1.29, 1.82) is 0 Å². The standard InChI is InChI=1S/C24H20ClFN2O3/c1-30-22-12-9-16(13-23(22)31-2)20-14-21(15-7-10-17(26)11-8-15)28(27-20)24(29)18-5-3-4-6-19(18)25/h3-13,21H,14H2,1-2H3. The maximum atomic E-state index is 13.5. The molecule has 0 spiro atoms.